The van der Waals surface area contributed by atoms with Gasteiger partial charge in [0.05, 0.1) is 18.2 Å². The molecule has 0 atom stereocenters. The molecular weight excluding hydrogens is 266 g/mol. The molecule has 1 heterocycles. The lowest BCUT2D eigenvalue weighted by molar-refractivity contribution is 0.150. The van der Waals surface area contributed by atoms with Gasteiger partial charge in [0, 0.05) is 17.1 Å². The highest BCUT2D eigenvalue weighted by Gasteiger charge is 2.17. The van der Waals surface area contributed by atoms with Crippen LogP contribution in [-0.2, 0) is 11.8 Å². The van der Waals surface area contributed by atoms with Gasteiger partial charge in [0.25, 0.3) is 6.43 Å². The predicted octanol–water partition coefficient (Wildman–Crippen LogP) is 3.29. The zero-order chi connectivity index (χ0) is 11.4. The van der Waals surface area contributed by atoms with E-state index in [1.54, 1.807) is 6.92 Å². The minimum absolute atomic E-state index is 0.00593. The molecule has 2 nitrogen and oxygen atoms in total. The lowest BCUT2D eigenvalue weighted by Crippen LogP contribution is -2.03. The van der Waals surface area contributed by atoms with Crippen LogP contribution in [0.3, 0.4) is 0 Å². The van der Waals surface area contributed by atoms with Crippen LogP contribution < -0.4 is 0 Å². The summed E-state index contributed by atoms with van der Waals surface area (Å²) in [6.45, 7) is 1.71. The molecule has 0 fully saturated rings. The maximum Gasteiger partial charge on any atom is 0.265 e. The molecule has 0 aromatic carbocycles. The van der Waals surface area contributed by atoms with Crippen molar-refractivity contribution in [3.05, 3.63) is 28.6 Å². The largest absolute Gasteiger partial charge is 0.265 e. The smallest absolute Gasteiger partial charge is 0.260 e. The van der Waals surface area contributed by atoms with Crippen molar-refractivity contribution in [3.63, 3.8) is 0 Å². The second-order valence-corrected chi connectivity index (χ2v) is 3.59. The number of halogens is 3. The van der Waals surface area contributed by atoms with Crippen LogP contribution in [0.1, 0.15) is 28.8 Å². The standard InChI is InChI=1S/C10H9BrF2N2/c1-6-7(2-3-14)8(10(12)13)5-15-9(6)4-11/h5,10H,2,4H2,1H3. The number of aromatic nitrogens is 1. The second kappa shape index (κ2) is 5.17. The van der Waals surface area contributed by atoms with E-state index in [9.17, 15) is 8.78 Å². The first-order valence-corrected chi connectivity index (χ1v) is 5.42. The Kier molecular flexibility index (Phi) is 4.15. The number of nitrogens with zero attached hydrogens (tertiary/aromatic N) is 2. The fourth-order valence-electron chi connectivity index (χ4n) is 1.35. The molecule has 15 heavy (non-hydrogen) atoms. The maximum atomic E-state index is 12.6. The maximum absolute atomic E-state index is 12.6. The molecule has 0 unspecified atom stereocenters. The Morgan fingerprint density at radius 1 is 1.60 bits per heavy atom. The molecule has 0 saturated carbocycles. The monoisotopic (exact) mass is 274 g/mol. The Morgan fingerprint density at radius 3 is 2.73 bits per heavy atom. The van der Waals surface area contributed by atoms with Crippen LogP contribution in [0, 0.1) is 18.3 Å². The summed E-state index contributed by atoms with van der Waals surface area (Å²) in [5, 5.41) is 9.09. The number of hydrogen-bond donors (Lipinski definition) is 0. The Balaban J connectivity index is 3.32. The molecule has 0 saturated heterocycles. The van der Waals surface area contributed by atoms with Gasteiger partial charge < -0.3 is 0 Å². The third-order valence-electron chi connectivity index (χ3n) is 2.21. The van der Waals surface area contributed by atoms with Gasteiger partial charge in [-0.2, -0.15) is 5.26 Å². The number of pyridine rings is 1. The average molecular weight is 275 g/mol. The Morgan fingerprint density at radius 2 is 2.27 bits per heavy atom. The van der Waals surface area contributed by atoms with Crippen molar-refractivity contribution >= 4 is 15.9 Å². The van der Waals surface area contributed by atoms with Crippen molar-refractivity contribution in [1.29, 1.82) is 5.26 Å². The first kappa shape index (κ1) is 12.1. The fourth-order valence-corrected chi connectivity index (χ4v) is 1.91. The van der Waals surface area contributed by atoms with E-state index in [0.29, 0.717) is 22.2 Å². The zero-order valence-electron chi connectivity index (χ0n) is 8.10. The molecule has 0 spiro atoms. The van der Waals surface area contributed by atoms with E-state index in [1.807, 2.05) is 6.07 Å². The summed E-state index contributed by atoms with van der Waals surface area (Å²) in [6.07, 6.45) is -1.43. The van der Waals surface area contributed by atoms with E-state index in [0.717, 1.165) is 6.20 Å². The van der Waals surface area contributed by atoms with Crippen molar-refractivity contribution in [2.45, 2.75) is 25.1 Å². The van der Waals surface area contributed by atoms with E-state index in [-0.39, 0.29) is 12.0 Å². The number of nitriles is 1. The van der Waals surface area contributed by atoms with Gasteiger partial charge in [0.1, 0.15) is 0 Å². The summed E-state index contributed by atoms with van der Waals surface area (Å²) in [5.41, 5.74) is 1.63. The van der Waals surface area contributed by atoms with Crippen molar-refractivity contribution in [3.8, 4) is 6.07 Å². The summed E-state index contributed by atoms with van der Waals surface area (Å²) >= 11 is 3.22. The zero-order valence-corrected chi connectivity index (χ0v) is 9.68. The first-order valence-electron chi connectivity index (χ1n) is 4.30. The van der Waals surface area contributed by atoms with Crippen LogP contribution in [0.5, 0.6) is 0 Å². The molecule has 0 N–H and O–H groups in total. The molecule has 1 rings (SSSR count). The molecule has 0 amide bonds. The summed E-state index contributed by atoms with van der Waals surface area (Å²) in [6, 6.07) is 1.89. The highest BCUT2D eigenvalue weighted by atomic mass is 79.9. The Labute approximate surface area is 95.1 Å². The van der Waals surface area contributed by atoms with Crippen molar-refractivity contribution in [1.82, 2.24) is 4.98 Å². The van der Waals surface area contributed by atoms with Gasteiger partial charge in [-0.3, -0.25) is 4.98 Å². The lowest BCUT2D eigenvalue weighted by Gasteiger charge is -2.11. The SMILES string of the molecule is Cc1c(CBr)ncc(C(F)F)c1CC#N. The van der Waals surface area contributed by atoms with E-state index in [4.69, 9.17) is 5.26 Å². The molecule has 1 aromatic heterocycles. The molecular formula is C10H9BrF2N2. The Hall–Kier alpha value is -1.02. The van der Waals surface area contributed by atoms with E-state index < -0.39 is 6.43 Å². The molecule has 0 bridgehead atoms. The fraction of sp³-hybridized carbons (Fsp3) is 0.400. The molecule has 0 aliphatic carbocycles. The van der Waals surface area contributed by atoms with Crippen molar-refractivity contribution < 1.29 is 8.78 Å². The van der Waals surface area contributed by atoms with Gasteiger partial charge >= 0.3 is 0 Å². The van der Waals surface area contributed by atoms with Crippen LogP contribution in [0.25, 0.3) is 0 Å². The van der Waals surface area contributed by atoms with Gasteiger partial charge in [-0.15, -0.1) is 0 Å². The molecule has 5 heteroatoms. The number of alkyl halides is 3. The summed E-state index contributed by atoms with van der Waals surface area (Å²) in [4.78, 5) is 3.92. The van der Waals surface area contributed by atoms with Crippen molar-refractivity contribution in [2.24, 2.45) is 0 Å². The van der Waals surface area contributed by atoms with Crippen molar-refractivity contribution in [2.75, 3.05) is 0 Å². The number of rotatable bonds is 3. The van der Waals surface area contributed by atoms with E-state index in [2.05, 4.69) is 20.9 Å². The van der Waals surface area contributed by atoms with Crippen LogP contribution in [0.4, 0.5) is 8.78 Å². The highest BCUT2D eigenvalue weighted by molar-refractivity contribution is 9.08. The summed E-state index contributed by atoms with van der Waals surface area (Å²) < 4.78 is 25.2. The van der Waals surface area contributed by atoms with Crippen LogP contribution in [-0.4, -0.2) is 4.98 Å². The lowest BCUT2D eigenvalue weighted by atomic mass is 10.0. The quantitative estimate of drug-likeness (QED) is 0.794. The Bertz CT molecular complexity index is 399. The minimum atomic E-state index is -2.58. The van der Waals surface area contributed by atoms with Crippen LogP contribution in [0.15, 0.2) is 6.20 Å². The van der Waals surface area contributed by atoms with Gasteiger partial charge in [-0.1, -0.05) is 15.9 Å². The third-order valence-corrected chi connectivity index (χ3v) is 2.74. The average Bonchev–Trinajstić information content (AvgIpc) is 2.20. The van der Waals surface area contributed by atoms with E-state index >= 15 is 0 Å². The summed E-state index contributed by atoms with van der Waals surface area (Å²) in [7, 11) is 0. The molecule has 0 radical (unpaired) electrons. The molecule has 1 aromatic rings. The van der Waals surface area contributed by atoms with Gasteiger partial charge in [0.15, 0.2) is 0 Å². The molecule has 80 valence electrons. The topological polar surface area (TPSA) is 36.7 Å². The third kappa shape index (κ3) is 2.51. The molecule has 0 aliphatic rings. The second-order valence-electron chi connectivity index (χ2n) is 3.03. The minimum Gasteiger partial charge on any atom is -0.260 e. The van der Waals surface area contributed by atoms with Gasteiger partial charge in [-0.05, 0) is 18.1 Å². The molecule has 0 aliphatic heterocycles. The van der Waals surface area contributed by atoms with Crippen LogP contribution >= 0.6 is 15.9 Å². The highest BCUT2D eigenvalue weighted by Crippen LogP contribution is 2.26. The van der Waals surface area contributed by atoms with Gasteiger partial charge in [-0.25, -0.2) is 8.78 Å². The normalized spacial score (nSPS) is 10.4. The van der Waals surface area contributed by atoms with E-state index in [1.165, 1.54) is 0 Å². The summed E-state index contributed by atoms with van der Waals surface area (Å²) in [5.74, 6) is 0. The first-order chi connectivity index (χ1) is 7.11. The van der Waals surface area contributed by atoms with Crippen LogP contribution in [0.2, 0.25) is 0 Å². The van der Waals surface area contributed by atoms with Gasteiger partial charge in [0.2, 0.25) is 0 Å². The number of hydrogen-bond acceptors (Lipinski definition) is 2. The predicted molar refractivity (Wildman–Crippen MR) is 55.9 cm³/mol.